The molecule has 0 atom stereocenters. The Balaban J connectivity index is 1.72. The van der Waals surface area contributed by atoms with Gasteiger partial charge in [0.25, 0.3) is 5.91 Å². The van der Waals surface area contributed by atoms with Crippen LogP contribution in [-0.2, 0) is 4.79 Å². The molecule has 0 aliphatic rings. The van der Waals surface area contributed by atoms with Gasteiger partial charge in [0, 0.05) is 24.5 Å². The number of carbonyl (C=O) groups excluding carboxylic acids is 2. The molecule has 0 saturated carbocycles. The summed E-state index contributed by atoms with van der Waals surface area (Å²) in [6, 6.07) is 11.5. The molecule has 0 radical (unpaired) electrons. The molecule has 0 saturated heterocycles. The zero-order valence-corrected chi connectivity index (χ0v) is 14.8. The summed E-state index contributed by atoms with van der Waals surface area (Å²) in [6.07, 6.45) is 2.69. The van der Waals surface area contributed by atoms with Crippen LogP contribution >= 0.6 is 0 Å². The highest BCUT2D eigenvalue weighted by atomic mass is 19.1. The van der Waals surface area contributed by atoms with Crippen molar-refractivity contribution in [3.05, 3.63) is 78.1 Å². The van der Waals surface area contributed by atoms with E-state index in [4.69, 9.17) is 0 Å². The number of rotatable bonds is 5. The number of anilines is 4. The molecular weight excluding hydrogens is 366 g/mol. The first-order valence-electron chi connectivity index (χ1n) is 8.27. The number of pyridine rings is 1. The molecule has 28 heavy (non-hydrogen) atoms. The van der Waals surface area contributed by atoms with E-state index in [0.717, 1.165) is 12.1 Å². The number of nitrogens with one attached hydrogen (secondary N) is 3. The Labute approximate surface area is 159 Å². The molecule has 8 heteroatoms. The van der Waals surface area contributed by atoms with E-state index in [-0.39, 0.29) is 22.8 Å². The van der Waals surface area contributed by atoms with Gasteiger partial charge in [-0.3, -0.25) is 14.6 Å². The van der Waals surface area contributed by atoms with Gasteiger partial charge in [-0.25, -0.2) is 8.78 Å². The van der Waals surface area contributed by atoms with Crippen LogP contribution in [0.5, 0.6) is 0 Å². The highest BCUT2D eigenvalue weighted by molar-refractivity contribution is 6.04. The number of nitrogens with zero attached hydrogens (tertiary/aromatic N) is 1. The van der Waals surface area contributed by atoms with Crippen LogP contribution < -0.4 is 16.0 Å². The lowest BCUT2D eigenvalue weighted by atomic mass is 10.2. The fraction of sp³-hybridized carbons (Fsp3) is 0.0500. The number of amides is 2. The molecule has 3 aromatic rings. The van der Waals surface area contributed by atoms with Crippen molar-refractivity contribution in [3.63, 3.8) is 0 Å². The van der Waals surface area contributed by atoms with E-state index in [9.17, 15) is 18.4 Å². The molecule has 0 spiro atoms. The van der Waals surface area contributed by atoms with Crippen molar-refractivity contribution in [2.45, 2.75) is 6.92 Å². The van der Waals surface area contributed by atoms with Gasteiger partial charge in [0.15, 0.2) is 0 Å². The van der Waals surface area contributed by atoms with E-state index >= 15 is 0 Å². The van der Waals surface area contributed by atoms with Crippen LogP contribution in [0.4, 0.5) is 31.5 Å². The topological polar surface area (TPSA) is 83.1 Å². The van der Waals surface area contributed by atoms with Crippen LogP contribution in [0.25, 0.3) is 0 Å². The van der Waals surface area contributed by atoms with Gasteiger partial charge in [0.2, 0.25) is 5.91 Å². The molecule has 142 valence electrons. The third-order valence-electron chi connectivity index (χ3n) is 3.70. The zero-order valence-electron chi connectivity index (χ0n) is 14.8. The molecule has 3 rings (SSSR count). The zero-order chi connectivity index (χ0) is 20.1. The van der Waals surface area contributed by atoms with Gasteiger partial charge in [-0.2, -0.15) is 0 Å². The van der Waals surface area contributed by atoms with Crippen LogP contribution in [0.3, 0.4) is 0 Å². The van der Waals surface area contributed by atoms with E-state index in [1.165, 1.54) is 31.5 Å². The number of halogens is 2. The molecule has 0 unspecified atom stereocenters. The van der Waals surface area contributed by atoms with Gasteiger partial charge in [0.05, 0.1) is 17.4 Å². The standard InChI is InChI=1S/C20H16F2N4O2/c1-12(27)24-14-5-7-15(8-6-14)26-20(28)13-9-16(11-23-10-13)25-19-17(21)3-2-4-18(19)22/h2-11,25H,1H3,(H,24,27)(H,26,28). The second kappa shape index (κ2) is 8.26. The highest BCUT2D eigenvalue weighted by Gasteiger charge is 2.11. The van der Waals surface area contributed by atoms with E-state index in [2.05, 4.69) is 20.9 Å². The van der Waals surface area contributed by atoms with Crippen LogP contribution in [0.15, 0.2) is 60.9 Å². The smallest absolute Gasteiger partial charge is 0.257 e. The molecule has 0 bridgehead atoms. The maximum atomic E-state index is 13.8. The SMILES string of the molecule is CC(=O)Nc1ccc(NC(=O)c2cncc(Nc3c(F)cccc3F)c2)cc1. The molecule has 0 aliphatic heterocycles. The number of benzene rings is 2. The molecular formula is C20H16F2N4O2. The van der Waals surface area contributed by atoms with Gasteiger partial charge in [0.1, 0.15) is 17.3 Å². The Bertz CT molecular complexity index is 1000. The largest absolute Gasteiger partial charge is 0.349 e. The Morgan fingerprint density at radius 3 is 2.07 bits per heavy atom. The second-order valence-corrected chi connectivity index (χ2v) is 5.90. The summed E-state index contributed by atoms with van der Waals surface area (Å²) in [6.45, 7) is 1.40. The van der Waals surface area contributed by atoms with Crippen molar-refractivity contribution >= 4 is 34.6 Å². The Morgan fingerprint density at radius 1 is 0.857 bits per heavy atom. The van der Waals surface area contributed by atoms with Gasteiger partial charge in [-0.05, 0) is 42.5 Å². The first-order valence-corrected chi connectivity index (χ1v) is 8.27. The number of hydrogen-bond acceptors (Lipinski definition) is 4. The first kappa shape index (κ1) is 19.0. The second-order valence-electron chi connectivity index (χ2n) is 5.90. The summed E-state index contributed by atoms with van der Waals surface area (Å²) in [5, 5.41) is 7.90. The average molecular weight is 382 g/mol. The Kier molecular flexibility index (Phi) is 5.59. The Morgan fingerprint density at radius 2 is 1.46 bits per heavy atom. The normalized spacial score (nSPS) is 10.2. The lowest BCUT2D eigenvalue weighted by molar-refractivity contribution is -0.114. The fourth-order valence-electron chi connectivity index (χ4n) is 2.44. The predicted molar refractivity (Wildman–Crippen MR) is 103 cm³/mol. The van der Waals surface area contributed by atoms with E-state index in [0.29, 0.717) is 11.4 Å². The summed E-state index contributed by atoms with van der Waals surface area (Å²) < 4.78 is 27.5. The maximum absolute atomic E-state index is 13.8. The Hall–Kier alpha value is -3.81. The lowest BCUT2D eigenvalue weighted by Gasteiger charge is -2.10. The van der Waals surface area contributed by atoms with Crippen molar-refractivity contribution < 1.29 is 18.4 Å². The summed E-state index contributed by atoms with van der Waals surface area (Å²) in [4.78, 5) is 27.4. The number of carbonyl (C=O) groups is 2. The average Bonchev–Trinajstić information content (AvgIpc) is 2.66. The van der Waals surface area contributed by atoms with Crippen LogP contribution in [0, 0.1) is 11.6 Å². The van der Waals surface area contributed by atoms with Crippen molar-refractivity contribution in [3.8, 4) is 0 Å². The van der Waals surface area contributed by atoms with Gasteiger partial charge in [-0.15, -0.1) is 0 Å². The molecule has 1 heterocycles. The predicted octanol–water partition coefficient (Wildman–Crippen LogP) is 4.31. The summed E-state index contributed by atoms with van der Waals surface area (Å²) in [5.74, 6) is -2.15. The van der Waals surface area contributed by atoms with Crippen molar-refractivity contribution in [2.75, 3.05) is 16.0 Å². The molecule has 0 aliphatic carbocycles. The number of hydrogen-bond donors (Lipinski definition) is 3. The maximum Gasteiger partial charge on any atom is 0.257 e. The molecule has 2 aromatic carbocycles. The van der Waals surface area contributed by atoms with E-state index < -0.39 is 17.5 Å². The third kappa shape index (κ3) is 4.67. The van der Waals surface area contributed by atoms with Gasteiger partial charge < -0.3 is 16.0 Å². The van der Waals surface area contributed by atoms with E-state index in [1.807, 2.05) is 0 Å². The molecule has 6 nitrogen and oxygen atoms in total. The molecule has 1 aromatic heterocycles. The van der Waals surface area contributed by atoms with Crippen molar-refractivity contribution in [2.24, 2.45) is 0 Å². The quantitative estimate of drug-likeness (QED) is 0.614. The number of para-hydroxylation sites is 1. The van der Waals surface area contributed by atoms with Crippen LogP contribution in [0.2, 0.25) is 0 Å². The van der Waals surface area contributed by atoms with E-state index in [1.54, 1.807) is 24.3 Å². The molecule has 0 fully saturated rings. The van der Waals surface area contributed by atoms with Gasteiger partial charge >= 0.3 is 0 Å². The summed E-state index contributed by atoms with van der Waals surface area (Å²) in [5.41, 5.74) is 1.25. The third-order valence-corrected chi connectivity index (χ3v) is 3.70. The minimum atomic E-state index is -0.755. The van der Waals surface area contributed by atoms with Gasteiger partial charge in [-0.1, -0.05) is 6.07 Å². The van der Waals surface area contributed by atoms with Crippen molar-refractivity contribution in [1.82, 2.24) is 4.98 Å². The minimum Gasteiger partial charge on any atom is -0.349 e. The fourth-order valence-corrected chi connectivity index (χ4v) is 2.44. The first-order chi connectivity index (χ1) is 13.4. The summed E-state index contributed by atoms with van der Waals surface area (Å²) in [7, 11) is 0. The van der Waals surface area contributed by atoms with Crippen LogP contribution in [0.1, 0.15) is 17.3 Å². The number of aromatic nitrogens is 1. The monoisotopic (exact) mass is 382 g/mol. The lowest BCUT2D eigenvalue weighted by Crippen LogP contribution is -2.13. The van der Waals surface area contributed by atoms with Crippen molar-refractivity contribution in [1.29, 1.82) is 0 Å². The highest BCUT2D eigenvalue weighted by Crippen LogP contribution is 2.23. The minimum absolute atomic E-state index is 0.196. The summed E-state index contributed by atoms with van der Waals surface area (Å²) >= 11 is 0. The molecule has 3 N–H and O–H groups in total. The van der Waals surface area contributed by atoms with Crippen LogP contribution in [-0.4, -0.2) is 16.8 Å². The molecule has 2 amide bonds.